The lowest BCUT2D eigenvalue weighted by molar-refractivity contribution is 1.58. The van der Waals surface area contributed by atoms with E-state index in [4.69, 9.17) is 0 Å². The molecule has 0 unspecified atom stereocenters. The highest BCUT2D eigenvalue weighted by molar-refractivity contribution is 6.42. The summed E-state index contributed by atoms with van der Waals surface area (Å²) in [5, 5.41) is 15.5. The van der Waals surface area contributed by atoms with E-state index in [2.05, 4.69) is 315 Å². The first-order valence-electron chi connectivity index (χ1n) is 30.7. The van der Waals surface area contributed by atoms with Crippen LogP contribution in [0.15, 0.2) is 315 Å². The van der Waals surface area contributed by atoms with Crippen molar-refractivity contribution in [2.75, 3.05) is 0 Å². The molecule has 0 nitrogen and oxygen atoms in total. The molecule has 0 atom stereocenters. The number of benzene rings is 17. The molecule has 0 aliphatic heterocycles. The van der Waals surface area contributed by atoms with Gasteiger partial charge in [0.25, 0.3) is 0 Å². The van der Waals surface area contributed by atoms with Crippen molar-refractivity contribution in [3.63, 3.8) is 0 Å². The lowest BCUT2D eigenvalue weighted by Crippen LogP contribution is -1.95. The number of fused-ring (bicyclic) bond motifs is 10. The predicted molar refractivity (Wildman–Crippen MR) is 375 cm³/mol. The minimum absolute atomic E-state index is 1.21. The van der Waals surface area contributed by atoms with Crippen molar-refractivity contribution in [2.45, 2.75) is 0 Å². The van der Waals surface area contributed by atoms with Crippen molar-refractivity contribution in [3.8, 4) is 134 Å². The minimum atomic E-state index is 1.21. The Balaban J connectivity index is 0.916. The third-order valence-electron chi connectivity index (χ3n) is 19.5. The van der Waals surface area contributed by atoms with Crippen LogP contribution in [0.1, 0.15) is 0 Å². The lowest BCUT2D eigenvalue weighted by Gasteiger charge is -2.22. The summed E-state index contributed by atoms with van der Waals surface area (Å²) in [5.74, 6) is 0. The van der Waals surface area contributed by atoms with E-state index in [-0.39, 0.29) is 0 Å². The Morgan fingerprint density at radius 3 is 0.727 bits per heavy atom. The Hall–Kier alpha value is -11.4. The quantitative estimate of drug-likeness (QED) is 0.105. The average molecular weight is 1110 g/mol. The molecule has 2 aliphatic carbocycles. The van der Waals surface area contributed by atoms with E-state index in [1.165, 1.54) is 198 Å². The van der Waals surface area contributed by atoms with Gasteiger partial charge >= 0.3 is 0 Å². The SMILES string of the molecule is c1ccc(-c2cccc(-c3c4c(c(-c5ccccc5-c5ccccc5)c5ccccc35)-c3ccc5c6ccc7c8c(ccc(c9ccc-4c3c95)c86)-c3c-7c(-c4ccccc4-c4ccccc4)c4ccccc4c3-c3cccc(-c4ccccc4)c3)c2)cc1. The van der Waals surface area contributed by atoms with Crippen LogP contribution in [0.3, 0.4) is 0 Å². The maximum absolute atomic E-state index is 2.48. The first-order valence-corrected chi connectivity index (χ1v) is 30.7. The molecule has 17 aromatic rings. The first-order chi connectivity index (χ1) is 43.7. The fourth-order valence-corrected chi connectivity index (χ4v) is 15.9. The van der Waals surface area contributed by atoms with E-state index >= 15 is 0 Å². The van der Waals surface area contributed by atoms with Crippen LogP contribution in [-0.4, -0.2) is 0 Å². The van der Waals surface area contributed by atoms with E-state index in [1.807, 2.05) is 0 Å². The second-order valence-electron chi connectivity index (χ2n) is 24.0. The van der Waals surface area contributed by atoms with Crippen molar-refractivity contribution in [1.82, 2.24) is 0 Å². The molecule has 404 valence electrons. The van der Waals surface area contributed by atoms with Crippen LogP contribution in [0.2, 0.25) is 0 Å². The van der Waals surface area contributed by atoms with Crippen molar-refractivity contribution in [2.24, 2.45) is 0 Å². The van der Waals surface area contributed by atoms with Gasteiger partial charge < -0.3 is 0 Å². The highest BCUT2D eigenvalue weighted by Crippen LogP contribution is 2.64. The zero-order valence-corrected chi connectivity index (χ0v) is 48.0. The molecule has 0 heteroatoms. The Morgan fingerprint density at radius 2 is 0.375 bits per heavy atom. The number of rotatable bonds is 8. The summed E-state index contributed by atoms with van der Waals surface area (Å²) in [6.07, 6.45) is 0. The molecule has 88 heavy (non-hydrogen) atoms. The van der Waals surface area contributed by atoms with Gasteiger partial charge in [-0.05, 0) is 210 Å². The summed E-state index contributed by atoms with van der Waals surface area (Å²) < 4.78 is 0. The van der Waals surface area contributed by atoms with Crippen LogP contribution in [0.4, 0.5) is 0 Å². The van der Waals surface area contributed by atoms with Crippen LogP contribution in [-0.2, 0) is 0 Å². The van der Waals surface area contributed by atoms with Crippen LogP contribution in [0.5, 0.6) is 0 Å². The average Bonchev–Trinajstić information content (AvgIpc) is 1.50. The van der Waals surface area contributed by atoms with Gasteiger partial charge in [0.1, 0.15) is 0 Å². The van der Waals surface area contributed by atoms with Gasteiger partial charge in [-0.1, -0.05) is 303 Å². The highest BCUT2D eigenvalue weighted by atomic mass is 14.4. The van der Waals surface area contributed by atoms with Gasteiger partial charge in [-0.3, -0.25) is 0 Å². The molecular formula is C88H52. The van der Waals surface area contributed by atoms with Crippen LogP contribution < -0.4 is 0 Å². The number of hydrogen-bond donors (Lipinski definition) is 0. The first kappa shape index (κ1) is 48.9. The van der Waals surface area contributed by atoms with Crippen molar-refractivity contribution in [1.29, 1.82) is 0 Å². The number of hydrogen-bond acceptors (Lipinski definition) is 0. The fraction of sp³-hybridized carbons (Fsp3) is 0. The van der Waals surface area contributed by atoms with E-state index in [0.29, 0.717) is 0 Å². The van der Waals surface area contributed by atoms with Gasteiger partial charge in [0.2, 0.25) is 0 Å². The molecule has 19 rings (SSSR count). The largest absolute Gasteiger partial charge is 0.0622 e. The molecule has 0 N–H and O–H groups in total. The third-order valence-corrected chi connectivity index (χ3v) is 19.5. The third kappa shape index (κ3) is 6.97. The second kappa shape index (κ2) is 19.0. The van der Waals surface area contributed by atoms with Gasteiger partial charge in [0.05, 0.1) is 0 Å². The van der Waals surface area contributed by atoms with E-state index < -0.39 is 0 Å². The summed E-state index contributed by atoms with van der Waals surface area (Å²) in [4.78, 5) is 0. The van der Waals surface area contributed by atoms with Crippen molar-refractivity contribution < 1.29 is 0 Å². The molecule has 0 spiro atoms. The van der Waals surface area contributed by atoms with Gasteiger partial charge in [-0.15, -0.1) is 0 Å². The molecule has 0 aromatic heterocycles. The van der Waals surface area contributed by atoms with E-state index in [0.717, 1.165) is 0 Å². The van der Waals surface area contributed by atoms with Crippen LogP contribution in [0.25, 0.3) is 198 Å². The van der Waals surface area contributed by atoms with E-state index in [1.54, 1.807) is 0 Å². The van der Waals surface area contributed by atoms with Crippen molar-refractivity contribution >= 4 is 64.6 Å². The maximum Gasteiger partial charge on any atom is -0.000718 e. The topological polar surface area (TPSA) is 0 Å². The zero-order chi connectivity index (χ0) is 57.6. The van der Waals surface area contributed by atoms with Gasteiger partial charge in [-0.25, -0.2) is 0 Å². The molecule has 2 aliphatic rings. The molecule has 0 bridgehead atoms. The monoisotopic (exact) mass is 1110 g/mol. The molecule has 17 aromatic carbocycles. The predicted octanol–water partition coefficient (Wildman–Crippen LogP) is 24.7. The molecule has 0 saturated heterocycles. The molecule has 0 amide bonds. The standard InChI is InChI=1S/C88H52/c1-5-23-53(24-6-1)57-31-21-33-59(51-57)77-65-39-17-19-41-67(65)81(63-37-15-13-35-61(63)55-27-9-3-10-28-55)87-75-49-45-71-72-46-50-76-84-74(48-44-70(80(72)84)69-43-47-73(85(77)87)83(75)79(69)71)86-78(60-34-22-32-58(52-60)54-25-7-2-8-26-54)66-40-18-20-42-68(66)82(88(76)86)64-38-16-14-36-62(64)56-29-11-4-12-30-56/h1-52H. The zero-order valence-electron chi connectivity index (χ0n) is 48.0. The van der Waals surface area contributed by atoms with Gasteiger partial charge in [0.15, 0.2) is 0 Å². The Kier molecular flexibility index (Phi) is 10.6. The summed E-state index contributed by atoms with van der Waals surface area (Å²) in [6.45, 7) is 0. The normalized spacial score (nSPS) is 12.1. The Bertz CT molecular complexity index is 5380. The van der Waals surface area contributed by atoms with Gasteiger partial charge in [0, 0.05) is 0 Å². The van der Waals surface area contributed by atoms with E-state index in [9.17, 15) is 0 Å². The molecule has 0 radical (unpaired) electrons. The summed E-state index contributed by atoms with van der Waals surface area (Å²) in [7, 11) is 0. The molecule has 0 saturated carbocycles. The van der Waals surface area contributed by atoms with Gasteiger partial charge in [-0.2, -0.15) is 0 Å². The Morgan fingerprint density at radius 1 is 0.114 bits per heavy atom. The lowest BCUT2D eigenvalue weighted by atomic mass is 9.80. The fourth-order valence-electron chi connectivity index (χ4n) is 15.9. The summed E-state index contributed by atoms with van der Waals surface area (Å²) in [6, 6.07) is 118. The van der Waals surface area contributed by atoms with Crippen LogP contribution >= 0.6 is 0 Å². The maximum atomic E-state index is 2.48. The molecular weight excluding hydrogens is 1060 g/mol. The Labute approximate surface area is 510 Å². The minimum Gasteiger partial charge on any atom is -0.0622 e. The molecule has 0 heterocycles. The second-order valence-corrected chi connectivity index (χ2v) is 24.0. The summed E-state index contributed by atoms with van der Waals surface area (Å²) >= 11 is 0. The highest BCUT2D eigenvalue weighted by Gasteiger charge is 2.36. The van der Waals surface area contributed by atoms with Crippen molar-refractivity contribution in [3.05, 3.63) is 315 Å². The summed E-state index contributed by atoms with van der Waals surface area (Å²) in [5.41, 5.74) is 30.1. The smallest absolute Gasteiger partial charge is 0.000718 e. The molecule has 0 fully saturated rings. The van der Waals surface area contributed by atoms with Crippen LogP contribution in [0, 0.1) is 0 Å².